The third-order valence-corrected chi connectivity index (χ3v) is 17.8. The highest BCUT2D eigenvalue weighted by molar-refractivity contribution is 7.20. The third kappa shape index (κ3) is 6.00. The van der Waals surface area contributed by atoms with Gasteiger partial charge in [0.05, 0.1) is 22.1 Å². The topological polar surface area (TPSA) is 9.86 Å². The molecule has 0 aliphatic heterocycles. The van der Waals surface area contributed by atoms with Crippen molar-refractivity contribution in [2.45, 2.75) is 0 Å². The minimum atomic E-state index is -2.78. The number of para-hydroxylation sites is 2. The molecule has 10 aromatic carbocycles. The highest BCUT2D eigenvalue weighted by Crippen LogP contribution is 2.38. The van der Waals surface area contributed by atoms with Gasteiger partial charge in [0.2, 0.25) is 0 Å². The standard InChI is InChI=1S/C60H42N2Si/c1-5-19-43(20-6-1)44-21-17-22-45(39-44)46-23-18-24-47(40-46)61-57-33-15-13-31-53(57)55-37-35-48(41-59(55)61)62-58-34-16-14-32-54(58)56-38-36-52(42-60(56)62)63(49-25-7-2-8-26-49,50-27-9-3-10-28-50)51-29-11-4-12-30-51/h1-42H. The molecule has 2 aromatic heterocycles. The van der Waals surface area contributed by atoms with Crippen LogP contribution in [0.15, 0.2) is 255 Å². The molecular formula is C60H42N2Si. The fourth-order valence-electron chi connectivity index (χ4n) is 10.3. The van der Waals surface area contributed by atoms with Crippen molar-refractivity contribution in [2.75, 3.05) is 0 Å². The normalized spacial score (nSPS) is 11.8. The number of hydrogen-bond acceptors (Lipinski definition) is 0. The van der Waals surface area contributed by atoms with Crippen LogP contribution in [-0.2, 0) is 0 Å². The molecule has 0 unspecified atom stereocenters. The molecule has 63 heavy (non-hydrogen) atoms. The molecule has 2 nitrogen and oxygen atoms in total. The Labute approximate surface area is 368 Å². The van der Waals surface area contributed by atoms with Crippen LogP contribution in [0.2, 0.25) is 0 Å². The van der Waals surface area contributed by atoms with Crippen LogP contribution in [0, 0.1) is 0 Å². The van der Waals surface area contributed by atoms with Crippen molar-refractivity contribution < 1.29 is 0 Å². The monoisotopic (exact) mass is 818 g/mol. The van der Waals surface area contributed by atoms with E-state index in [9.17, 15) is 0 Å². The fourth-order valence-corrected chi connectivity index (χ4v) is 15.0. The van der Waals surface area contributed by atoms with E-state index in [-0.39, 0.29) is 0 Å². The number of nitrogens with zero attached hydrogens (tertiary/aromatic N) is 2. The van der Waals surface area contributed by atoms with Crippen LogP contribution in [0.1, 0.15) is 0 Å². The lowest BCUT2D eigenvalue weighted by molar-refractivity contribution is 1.16. The van der Waals surface area contributed by atoms with Gasteiger partial charge in [-0.1, -0.05) is 206 Å². The Kier molecular flexibility index (Phi) is 8.87. The Bertz CT molecular complexity index is 3510. The van der Waals surface area contributed by atoms with Crippen molar-refractivity contribution in [3.63, 3.8) is 0 Å². The number of rotatable bonds is 8. The van der Waals surface area contributed by atoms with Gasteiger partial charge in [0.15, 0.2) is 8.07 Å². The summed E-state index contributed by atoms with van der Waals surface area (Å²) in [6, 6.07) is 94.3. The zero-order valence-corrected chi connectivity index (χ0v) is 35.6. The first-order valence-electron chi connectivity index (χ1n) is 21.8. The molecule has 0 saturated carbocycles. The largest absolute Gasteiger partial charge is 0.309 e. The molecular weight excluding hydrogens is 777 g/mol. The fraction of sp³-hybridized carbons (Fsp3) is 0. The van der Waals surface area contributed by atoms with E-state index in [1.807, 2.05) is 0 Å². The maximum absolute atomic E-state index is 2.78. The molecule has 0 fully saturated rings. The maximum atomic E-state index is 2.52. The van der Waals surface area contributed by atoms with Crippen LogP contribution >= 0.6 is 0 Å². The molecule has 0 radical (unpaired) electrons. The van der Waals surface area contributed by atoms with Crippen molar-refractivity contribution in [1.82, 2.24) is 9.13 Å². The second-order valence-corrected chi connectivity index (χ2v) is 20.3. The van der Waals surface area contributed by atoms with Crippen molar-refractivity contribution in [2.24, 2.45) is 0 Å². The van der Waals surface area contributed by atoms with Crippen LogP contribution in [0.5, 0.6) is 0 Å². The van der Waals surface area contributed by atoms with Crippen molar-refractivity contribution in [3.8, 4) is 33.6 Å². The van der Waals surface area contributed by atoms with Crippen molar-refractivity contribution in [1.29, 1.82) is 0 Å². The lowest BCUT2D eigenvalue weighted by Crippen LogP contribution is -2.74. The van der Waals surface area contributed by atoms with Gasteiger partial charge in [0.1, 0.15) is 0 Å². The summed E-state index contributed by atoms with van der Waals surface area (Å²) in [5.41, 5.74) is 11.8. The highest BCUT2D eigenvalue weighted by atomic mass is 28.3. The van der Waals surface area contributed by atoms with Gasteiger partial charge in [-0.2, -0.15) is 0 Å². The van der Waals surface area contributed by atoms with Crippen molar-refractivity contribution in [3.05, 3.63) is 255 Å². The lowest BCUT2D eigenvalue weighted by Gasteiger charge is -2.34. The molecule has 0 bridgehead atoms. The summed E-state index contributed by atoms with van der Waals surface area (Å²) in [7, 11) is -2.78. The van der Waals surface area contributed by atoms with E-state index in [4.69, 9.17) is 0 Å². The molecule has 0 atom stereocenters. The summed E-state index contributed by atoms with van der Waals surface area (Å²) < 4.78 is 4.96. The first-order valence-corrected chi connectivity index (χ1v) is 23.8. The second kappa shape index (κ2) is 15.2. The quantitative estimate of drug-likeness (QED) is 0.107. The zero-order chi connectivity index (χ0) is 41.7. The summed E-state index contributed by atoms with van der Waals surface area (Å²) >= 11 is 0. The van der Waals surface area contributed by atoms with Crippen LogP contribution in [-0.4, -0.2) is 17.2 Å². The summed E-state index contributed by atoms with van der Waals surface area (Å²) in [5.74, 6) is 0. The molecule has 0 N–H and O–H groups in total. The summed E-state index contributed by atoms with van der Waals surface area (Å²) in [6.45, 7) is 0. The van der Waals surface area contributed by atoms with Gasteiger partial charge in [-0.3, -0.25) is 0 Å². The van der Waals surface area contributed by atoms with E-state index in [0.717, 1.165) is 11.4 Å². The van der Waals surface area contributed by atoms with E-state index < -0.39 is 8.07 Å². The van der Waals surface area contributed by atoms with E-state index in [0.29, 0.717) is 0 Å². The minimum Gasteiger partial charge on any atom is -0.309 e. The van der Waals surface area contributed by atoms with E-state index >= 15 is 0 Å². The van der Waals surface area contributed by atoms with Crippen molar-refractivity contribution >= 4 is 72.4 Å². The van der Waals surface area contributed by atoms with Gasteiger partial charge in [0, 0.05) is 32.9 Å². The SMILES string of the molecule is c1ccc(-c2cccc(-c3cccc(-n4c5ccccc5c5ccc(-n6c7ccccc7c7ccc([Si](c8ccccc8)(c8ccccc8)c8ccccc8)cc76)cc54)c3)c2)cc1. The van der Waals surface area contributed by atoms with E-state index in [2.05, 4.69) is 264 Å². The predicted octanol–water partition coefficient (Wildman–Crippen LogP) is 12.6. The van der Waals surface area contributed by atoms with Crippen LogP contribution in [0.4, 0.5) is 0 Å². The second-order valence-electron chi connectivity index (χ2n) is 16.5. The molecule has 12 rings (SSSR count). The molecule has 0 aliphatic rings. The predicted molar refractivity (Wildman–Crippen MR) is 270 cm³/mol. The molecule has 12 aromatic rings. The van der Waals surface area contributed by atoms with Gasteiger partial charge in [-0.15, -0.1) is 0 Å². The molecule has 3 heteroatoms. The Morgan fingerprint density at radius 3 is 1.19 bits per heavy atom. The van der Waals surface area contributed by atoms with E-state index in [1.165, 1.54) is 86.6 Å². The Morgan fingerprint density at radius 2 is 0.619 bits per heavy atom. The zero-order valence-electron chi connectivity index (χ0n) is 34.6. The average Bonchev–Trinajstić information content (AvgIpc) is 3.88. The Balaban J connectivity index is 1.09. The Hall–Kier alpha value is -7.98. The molecule has 296 valence electrons. The summed E-state index contributed by atoms with van der Waals surface area (Å²) in [5, 5.41) is 10.4. The summed E-state index contributed by atoms with van der Waals surface area (Å²) in [6.07, 6.45) is 0. The Morgan fingerprint density at radius 1 is 0.222 bits per heavy atom. The molecule has 0 spiro atoms. The maximum Gasteiger partial charge on any atom is 0.179 e. The number of aromatic nitrogens is 2. The van der Waals surface area contributed by atoms with Gasteiger partial charge >= 0.3 is 0 Å². The minimum absolute atomic E-state index is 1.13. The molecule has 2 heterocycles. The average molecular weight is 819 g/mol. The van der Waals surface area contributed by atoms with Gasteiger partial charge in [0.25, 0.3) is 0 Å². The van der Waals surface area contributed by atoms with Crippen LogP contribution < -0.4 is 20.7 Å². The van der Waals surface area contributed by atoms with Crippen LogP contribution in [0.3, 0.4) is 0 Å². The first-order chi connectivity index (χ1) is 31.3. The number of hydrogen-bond donors (Lipinski definition) is 0. The van der Waals surface area contributed by atoms with Crippen LogP contribution in [0.25, 0.3) is 77.2 Å². The van der Waals surface area contributed by atoms with Gasteiger partial charge < -0.3 is 9.13 Å². The van der Waals surface area contributed by atoms with Gasteiger partial charge in [-0.25, -0.2) is 0 Å². The third-order valence-electron chi connectivity index (χ3n) is 13.1. The molecule has 0 saturated heterocycles. The number of fused-ring (bicyclic) bond motifs is 6. The lowest BCUT2D eigenvalue weighted by atomic mass is 9.99. The van der Waals surface area contributed by atoms with E-state index in [1.54, 1.807) is 0 Å². The number of benzene rings is 10. The first kappa shape index (κ1) is 36.8. The van der Waals surface area contributed by atoms with Gasteiger partial charge in [-0.05, 0) is 91.5 Å². The highest BCUT2D eigenvalue weighted by Gasteiger charge is 2.41. The molecule has 0 amide bonds. The summed E-state index contributed by atoms with van der Waals surface area (Å²) in [4.78, 5) is 0. The smallest absolute Gasteiger partial charge is 0.179 e. The molecule has 0 aliphatic carbocycles.